The van der Waals surface area contributed by atoms with E-state index >= 15 is 0 Å². The van der Waals surface area contributed by atoms with Crippen molar-refractivity contribution in [2.45, 2.75) is 13.1 Å². The van der Waals surface area contributed by atoms with Crippen LogP contribution >= 0.6 is 22.9 Å². The first-order valence-electron chi connectivity index (χ1n) is 11.1. The van der Waals surface area contributed by atoms with Gasteiger partial charge in [0.1, 0.15) is 16.6 Å². The van der Waals surface area contributed by atoms with Crippen LogP contribution in [-0.4, -0.2) is 41.2 Å². The molecule has 1 fully saturated rings. The molecule has 0 saturated carbocycles. The highest BCUT2D eigenvalue weighted by molar-refractivity contribution is 7.22. The molecule has 2 N–H and O–H groups in total. The number of ether oxygens (including phenoxy) is 1. The molecule has 1 aliphatic rings. The highest BCUT2D eigenvalue weighted by Crippen LogP contribution is 2.35. The number of fused-ring (bicyclic) bond motifs is 1. The van der Waals surface area contributed by atoms with Gasteiger partial charge < -0.3 is 15.4 Å². The smallest absolute Gasteiger partial charge is 0.185 e. The normalized spacial score (nSPS) is 14.1. The fourth-order valence-electron chi connectivity index (χ4n) is 3.84. The first kappa shape index (κ1) is 23.5. The predicted octanol–water partition coefficient (Wildman–Crippen LogP) is 5.54. The fraction of sp³-hybridized carbons (Fsp3) is 0.240. The molecule has 0 spiro atoms. The zero-order valence-corrected chi connectivity index (χ0v) is 20.3. The third-order valence-electron chi connectivity index (χ3n) is 5.71. The quantitative estimate of drug-likeness (QED) is 0.339. The molecule has 2 aromatic heterocycles. The minimum atomic E-state index is -0.504. The van der Waals surface area contributed by atoms with Crippen molar-refractivity contribution < 1.29 is 9.13 Å². The summed E-state index contributed by atoms with van der Waals surface area (Å²) in [5.41, 5.74) is 4.44. The highest BCUT2D eigenvalue weighted by Gasteiger charge is 2.15. The Bertz CT molecular complexity index is 1380. The molecule has 2 aromatic carbocycles. The largest absolute Gasteiger partial charge is 0.379 e. The van der Waals surface area contributed by atoms with Gasteiger partial charge in [0.15, 0.2) is 10.8 Å². The Morgan fingerprint density at radius 3 is 2.66 bits per heavy atom. The van der Waals surface area contributed by atoms with Gasteiger partial charge in [-0.15, -0.1) is 0 Å². The number of nitriles is 1. The second-order valence-electron chi connectivity index (χ2n) is 8.14. The highest BCUT2D eigenvalue weighted by atomic mass is 35.5. The lowest BCUT2D eigenvalue weighted by Gasteiger charge is -2.26. The van der Waals surface area contributed by atoms with Gasteiger partial charge in [0.25, 0.3) is 0 Å². The van der Waals surface area contributed by atoms with Crippen LogP contribution in [0.4, 0.5) is 20.9 Å². The maximum Gasteiger partial charge on any atom is 0.185 e. The number of hydrogen-bond acceptors (Lipinski definition) is 8. The lowest BCUT2D eigenvalue weighted by atomic mass is 10.1. The summed E-state index contributed by atoms with van der Waals surface area (Å²) in [5.74, 6) is -0.504. The lowest BCUT2D eigenvalue weighted by molar-refractivity contribution is 0.0342. The number of nitrogens with zero attached hydrogens (tertiary/aromatic N) is 4. The number of nitrogens with one attached hydrogen (secondary N) is 2. The molecule has 1 saturated heterocycles. The Kier molecular flexibility index (Phi) is 7.06. The van der Waals surface area contributed by atoms with Gasteiger partial charge in [-0.3, -0.25) is 4.90 Å². The monoisotopic (exact) mass is 508 g/mol. The molecule has 0 atom stereocenters. The summed E-state index contributed by atoms with van der Waals surface area (Å²) >= 11 is 7.32. The van der Waals surface area contributed by atoms with Crippen LogP contribution in [0.15, 0.2) is 48.7 Å². The fourth-order valence-corrected chi connectivity index (χ4v) is 4.94. The minimum absolute atomic E-state index is 0.00133. The van der Waals surface area contributed by atoms with Crippen molar-refractivity contribution in [3.8, 4) is 6.07 Å². The molecule has 0 unspecified atom stereocenters. The van der Waals surface area contributed by atoms with Crippen molar-refractivity contribution in [2.24, 2.45) is 0 Å². The molecule has 35 heavy (non-hydrogen) atoms. The van der Waals surface area contributed by atoms with Crippen molar-refractivity contribution in [3.63, 3.8) is 0 Å². The molecule has 0 aliphatic carbocycles. The van der Waals surface area contributed by atoms with Crippen LogP contribution < -0.4 is 10.6 Å². The summed E-state index contributed by atoms with van der Waals surface area (Å²) < 4.78 is 19.7. The van der Waals surface area contributed by atoms with Gasteiger partial charge in [-0.1, -0.05) is 47.2 Å². The Balaban J connectivity index is 1.30. The average Bonchev–Trinajstić information content (AvgIpc) is 3.30. The van der Waals surface area contributed by atoms with Crippen molar-refractivity contribution in [1.82, 2.24) is 14.9 Å². The number of aromatic nitrogens is 2. The van der Waals surface area contributed by atoms with E-state index in [9.17, 15) is 9.65 Å². The molecule has 0 bridgehead atoms. The van der Waals surface area contributed by atoms with Gasteiger partial charge in [-0.25, -0.2) is 14.4 Å². The second kappa shape index (κ2) is 10.5. The molecule has 1 aliphatic heterocycles. The van der Waals surface area contributed by atoms with E-state index in [1.807, 2.05) is 0 Å². The number of rotatable bonds is 7. The zero-order chi connectivity index (χ0) is 24.2. The van der Waals surface area contributed by atoms with E-state index in [1.54, 1.807) is 6.07 Å². The third kappa shape index (κ3) is 5.52. The molecular formula is C25H22ClFN6OS. The van der Waals surface area contributed by atoms with Crippen LogP contribution in [-0.2, 0) is 17.8 Å². The molecule has 3 heterocycles. The van der Waals surface area contributed by atoms with Gasteiger partial charge in [-0.05, 0) is 29.3 Å². The Labute approximate surface area is 211 Å². The van der Waals surface area contributed by atoms with Gasteiger partial charge in [0, 0.05) is 38.1 Å². The molecule has 7 nitrogen and oxygen atoms in total. The van der Waals surface area contributed by atoms with Crippen LogP contribution in [0.5, 0.6) is 0 Å². The van der Waals surface area contributed by atoms with Crippen molar-refractivity contribution in [1.29, 1.82) is 5.26 Å². The molecule has 178 valence electrons. The summed E-state index contributed by atoms with van der Waals surface area (Å²) in [4.78, 5) is 11.3. The van der Waals surface area contributed by atoms with Gasteiger partial charge in [-0.2, -0.15) is 5.26 Å². The number of morpholine rings is 1. The van der Waals surface area contributed by atoms with Gasteiger partial charge in [0.2, 0.25) is 0 Å². The van der Waals surface area contributed by atoms with E-state index in [1.165, 1.54) is 35.2 Å². The second-order valence-corrected chi connectivity index (χ2v) is 9.55. The van der Waals surface area contributed by atoms with Gasteiger partial charge >= 0.3 is 0 Å². The summed E-state index contributed by atoms with van der Waals surface area (Å²) in [7, 11) is 0. The van der Waals surface area contributed by atoms with Crippen molar-refractivity contribution in [3.05, 3.63) is 76.2 Å². The summed E-state index contributed by atoms with van der Waals surface area (Å²) in [6.45, 7) is 5.06. The number of hydrogen-bond donors (Lipinski definition) is 2. The number of anilines is 3. The third-order valence-corrected chi connectivity index (χ3v) is 7.02. The molecule has 0 radical (unpaired) electrons. The van der Waals surface area contributed by atoms with Crippen molar-refractivity contribution >= 4 is 49.8 Å². The molecular weight excluding hydrogens is 487 g/mol. The first-order chi connectivity index (χ1) is 17.1. The van der Waals surface area contributed by atoms with Crippen LogP contribution in [0.2, 0.25) is 5.02 Å². The van der Waals surface area contributed by atoms with E-state index in [-0.39, 0.29) is 5.02 Å². The number of thiazole rings is 1. The number of pyridine rings is 1. The summed E-state index contributed by atoms with van der Waals surface area (Å²) in [6.07, 6.45) is 1.48. The molecule has 4 aromatic rings. The maximum atomic E-state index is 13.5. The van der Waals surface area contributed by atoms with Crippen LogP contribution in [0, 0.1) is 17.1 Å². The predicted molar refractivity (Wildman–Crippen MR) is 137 cm³/mol. The number of halogens is 2. The van der Waals surface area contributed by atoms with Crippen LogP contribution in [0.3, 0.4) is 0 Å². The Morgan fingerprint density at radius 2 is 1.91 bits per heavy atom. The van der Waals surface area contributed by atoms with Gasteiger partial charge in [0.05, 0.1) is 29.5 Å². The Morgan fingerprint density at radius 1 is 1.14 bits per heavy atom. The molecule has 10 heteroatoms. The van der Waals surface area contributed by atoms with E-state index < -0.39 is 5.82 Å². The average molecular weight is 509 g/mol. The van der Waals surface area contributed by atoms with E-state index in [0.717, 1.165) is 43.1 Å². The minimum Gasteiger partial charge on any atom is -0.379 e. The summed E-state index contributed by atoms with van der Waals surface area (Å²) in [5, 5.41) is 16.8. The first-order valence-corrected chi connectivity index (χ1v) is 12.3. The Hall–Kier alpha value is -3.29. The van der Waals surface area contributed by atoms with Crippen molar-refractivity contribution in [2.75, 3.05) is 36.9 Å². The summed E-state index contributed by atoms with van der Waals surface area (Å²) in [6, 6.07) is 15.0. The van der Waals surface area contributed by atoms with E-state index in [2.05, 4.69) is 55.8 Å². The van der Waals surface area contributed by atoms with E-state index in [0.29, 0.717) is 34.3 Å². The van der Waals surface area contributed by atoms with Crippen LogP contribution in [0.1, 0.15) is 16.7 Å². The lowest BCUT2D eigenvalue weighted by Crippen LogP contribution is -2.35. The SMILES string of the molecule is N#Cc1cnc2nc(NCc3ccc(CN4CCOCC4)cc3)sc2c1Nc1ccc(F)c(Cl)c1. The molecule has 5 rings (SSSR count). The number of benzene rings is 2. The van der Waals surface area contributed by atoms with Crippen LogP contribution in [0.25, 0.3) is 10.3 Å². The van der Waals surface area contributed by atoms with E-state index in [4.69, 9.17) is 16.3 Å². The topological polar surface area (TPSA) is 86.1 Å². The molecule has 0 amide bonds. The maximum absolute atomic E-state index is 13.5. The standard InChI is InChI=1S/C25H22ClFN6OS/c26-20-11-19(5-6-21(20)27)31-22-18(12-28)14-29-24-23(22)35-25(32-24)30-13-16-1-3-17(4-2-16)15-33-7-9-34-10-8-33/h1-6,11,14H,7-10,13,15H2,(H2,29,30,31,32). The zero-order valence-electron chi connectivity index (χ0n) is 18.7.